The lowest BCUT2D eigenvalue weighted by molar-refractivity contribution is 0.103. The molecule has 6 nitrogen and oxygen atoms in total. The van der Waals surface area contributed by atoms with Gasteiger partial charge < -0.3 is 10.1 Å². The van der Waals surface area contributed by atoms with Crippen LogP contribution in [0.4, 0.5) is 5.69 Å². The topological polar surface area (TPSA) is 69.0 Å². The van der Waals surface area contributed by atoms with E-state index >= 15 is 0 Å². The van der Waals surface area contributed by atoms with Crippen LogP contribution in [0.15, 0.2) is 66.0 Å². The molecule has 0 atom stereocenters. The zero-order valence-corrected chi connectivity index (χ0v) is 18.5. The van der Waals surface area contributed by atoms with Crippen molar-refractivity contribution in [3.05, 3.63) is 76.5 Å². The van der Waals surface area contributed by atoms with Gasteiger partial charge in [-0.25, -0.2) is 4.68 Å². The molecule has 0 aliphatic rings. The molecule has 0 spiro atoms. The first-order valence-corrected chi connectivity index (χ1v) is 11.0. The molecular weight excluding hydrogens is 408 g/mol. The summed E-state index contributed by atoms with van der Waals surface area (Å²) in [6.45, 7) is 6.77. The molecule has 0 unspecified atom stereocenters. The fourth-order valence-electron chi connectivity index (χ4n) is 3.06. The number of carbonyl (C=O) groups excluding carboxylic acids is 1. The normalized spacial score (nSPS) is 11.0. The van der Waals surface area contributed by atoms with Crippen molar-refractivity contribution < 1.29 is 9.53 Å². The van der Waals surface area contributed by atoms with Crippen LogP contribution in [0, 0.1) is 12.8 Å². The number of nitrogens with one attached hydrogen (secondary N) is 1. The summed E-state index contributed by atoms with van der Waals surface area (Å²) >= 11 is 1.41. The molecule has 31 heavy (non-hydrogen) atoms. The monoisotopic (exact) mass is 432 g/mol. The van der Waals surface area contributed by atoms with E-state index in [0.29, 0.717) is 29.2 Å². The van der Waals surface area contributed by atoms with Crippen molar-refractivity contribution in [2.75, 3.05) is 11.9 Å². The van der Waals surface area contributed by atoms with Crippen LogP contribution in [0.5, 0.6) is 6.01 Å². The second-order valence-electron chi connectivity index (χ2n) is 7.63. The average Bonchev–Trinajstić information content (AvgIpc) is 3.44. The summed E-state index contributed by atoms with van der Waals surface area (Å²) in [5.74, 6) is 0.973. The van der Waals surface area contributed by atoms with E-state index in [2.05, 4.69) is 29.2 Å². The van der Waals surface area contributed by atoms with Crippen molar-refractivity contribution >= 4 is 22.9 Å². The highest BCUT2D eigenvalue weighted by Crippen LogP contribution is 2.27. The highest BCUT2D eigenvalue weighted by atomic mass is 32.1. The summed E-state index contributed by atoms with van der Waals surface area (Å²) in [6, 6.07) is 19.6. The number of hydrogen-bond donors (Lipinski definition) is 1. The Bertz CT molecular complexity index is 1160. The molecule has 1 N–H and O–H groups in total. The average molecular weight is 433 g/mol. The second-order valence-corrected chi connectivity index (χ2v) is 8.58. The molecule has 1 amide bonds. The van der Waals surface area contributed by atoms with Crippen molar-refractivity contribution in [2.24, 2.45) is 5.92 Å². The minimum Gasteiger partial charge on any atom is -0.462 e. The number of carbonyl (C=O) groups is 1. The molecule has 0 saturated carbocycles. The summed E-state index contributed by atoms with van der Waals surface area (Å²) in [6.07, 6.45) is 0. The largest absolute Gasteiger partial charge is 0.462 e. The number of aryl methyl sites for hydroxylation is 1. The van der Waals surface area contributed by atoms with Gasteiger partial charge in [0.1, 0.15) is 0 Å². The number of amides is 1. The summed E-state index contributed by atoms with van der Waals surface area (Å²) in [5, 5.41) is 9.40. The predicted molar refractivity (Wildman–Crippen MR) is 124 cm³/mol. The molecule has 0 fully saturated rings. The van der Waals surface area contributed by atoms with E-state index in [1.54, 1.807) is 10.7 Å². The molecule has 0 radical (unpaired) electrons. The molecule has 2 heterocycles. The van der Waals surface area contributed by atoms with E-state index in [1.165, 1.54) is 11.3 Å². The number of hydrogen-bond acceptors (Lipinski definition) is 5. The Hall–Kier alpha value is -3.45. The van der Waals surface area contributed by atoms with Crippen molar-refractivity contribution in [1.29, 1.82) is 0 Å². The van der Waals surface area contributed by atoms with Gasteiger partial charge in [0.2, 0.25) is 0 Å². The summed E-state index contributed by atoms with van der Waals surface area (Å²) < 4.78 is 7.57. The highest BCUT2D eigenvalue weighted by molar-refractivity contribution is 7.12. The van der Waals surface area contributed by atoms with Crippen molar-refractivity contribution in [3.63, 3.8) is 0 Å². The maximum atomic E-state index is 12.3. The van der Waals surface area contributed by atoms with Crippen LogP contribution in [0.1, 0.15) is 29.1 Å². The molecule has 0 aliphatic heterocycles. The molecule has 0 aliphatic carbocycles. The van der Waals surface area contributed by atoms with Crippen LogP contribution in [0.2, 0.25) is 0 Å². The van der Waals surface area contributed by atoms with E-state index in [1.807, 2.05) is 66.9 Å². The van der Waals surface area contributed by atoms with Gasteiger partial charge in [0.25, 0.3) is 5.91 Å². The van der Waals surface area contributed by atoms with E-state index in [4.69, 9.17) is 4.74 Å². The van der Waals surface area contributed by atoms with Crippen LogP contribution in [-0.4, -0.2) is 27.3 Å². The standard InChI is InChI=1S/C24H24N4O2S/c1-16(2)15-30-24-26-22(20-8-5-4-7-17(20)3)28(27-24)19-12-10-18(11-13-19)25-23(29)21-9-6-14-31-21/h4-14,16H,15H2,1-3H3,(H,25,29). The molecule has 0 saturated heterocycles. The smallest absolute Gasteiger partial charge is 0.336 e. The first-order valence-electron chi connectivity index (χ1n) is 10.1. The number of ether oxygens (including phenoxy) is 1. The third-order valence-corrected chi connectivity index (χ3v) is 5.50. The van der Waals surface area contributed by atoms with Crippen LogP contribution in [0.3, 0.4) is 0 Å². The van der Waals surface area contributed by atoms with Gasteiger partial charge in [0, 0.05) is 11.3 Å². The van der Waals surface area contributed by atoms with Crippen molar-refractivity contribution in [3.8, 4) is 23.1 Å². The van der Waals surface area contributed by atoms with Gasteiger partial charge in [-0.15, -0.1) is 16.4 Å². The van der Waals surface area contributed by atoms with Crippen LogP contribution < -0.4 is 10.1 Å². The second kappa shape index (κ2) is 9.14. The molecule has 0 bridgehead atoms. The zero-order chi connectivity index (χ0) is 21.8. The Kier molecular flexibility index (Phi) is 6.13. The Balaban J connectivity index is 1.64. The highest BCUT2D eigenvalue weighted by Gasteiger charge is 2.17. The molecule has 4 rings (SSSR count). The maximum absolute atomic E-state index is 12.3. The lowest BCUT2D eigenvalue weighted by atomic mass is 10.1. The van der Waals surface area contributed by atoms with Crippen LogP contribution in [-0.2, 0) is 0 Å². The Labute approximate surface area is 185 Å². The van der Waals surface area contributed by atoms with Gasteiger partial charge in [-0.2, -0.15) is 4.98 Å². The number of aromatic nitrogens is 3. The van der Waals surface area contributed by atoms with Crippen molar-refractivity contribution in [2.45, 2.75) is 20.8 Å². The van der Waals surface area contributed by atoms with E-state index in [9.17, 15) is 4.79 Å². The van der Waals surface area contributed by atoms with Crippen LogP contribution in [0.25, 0.3) is 17.1 Å². The van der Waals surface area contributed by atoms with E-state index < -0.39 is 0 Å². The minimum atomic E-state index is -0.117. The summed E-state index contributed by atoms with van der Waals surface area (Å²) in [4.78, 5) is 17.6. The lowest BCUT2D eigenvalue weighted by Gasteiger charge is -2.09. The van der Waals surface area contributed by atoms with Gasteiger partial charge in [-0.05, 0) is 54.1 Å². The van der Waals surface area contributed by atoms with Crippen LogP contribution >= 0.6 is 11.3 Å². The molecule has 2 aromatic heterocycles. The number of anilines is 1. The molecule has 2 aromatic carbocycles. The van der Waals surface area contributed by atoms with Gasteiger partial charge in [-0.3, -0.25) is 4.79 Å². The van der Waals surface area contributed by atoms with Gasteiger partial charge in [0.05, 0.1) is 17.2 Å². The fourth-order valence-corrected chi connectivity index (χ4v) is 3.68. The molecule has 158 valence electrons. The molecule has 4 aromatic rings. The number of rotatable bonds is 7. The maximum Gasteiger partial charge on any atom is 0.336 e. The van der Waals surface area contributed by atoms with Gasteiger partial charge in [-0.1, -0.05) is 44.2 Å². The quantitative estimate of drug-likeness (QED) is 0.413. The fraction of sp³-hybridized carbons (Fsp3) is 0.208. The molecule has 7 heteroatoms. The van der Waals surface area contributed by atoms with Gasteiger partial charge >= 0.3 is 6.01 Å². The van der Waals surface area contributed by atoms with E-state index in [-0.39, 0.29) is 5.91 Å². The zero-order valence-electron chi connectivity index (χ0n) is 17.7. The first kappa shape index (κ1) is 20.8. The Morgan fingerprint density at radius 2 is 1.87 bits per heavy atom. The third kappa shape index (κ3) is 4.83. The number of nitrogens with zero attached hydrogens (tertiary/aromatic N) is 3. The number of benzene rings is 2. The Morgan fingerprint density at radius 3 is 2.55 bits per heavy atom. The Morgan fingerprint density at radius 1 is 1.10 bits per heavy atom. The van der Waals surface area contributed by atoms with Crippen molar-refractivity contribution in [1.82, 2.24) is 14.8 Å². The SMILES string of the molecule is Cc1ccccc1-c1nc(OCC(C)C)nn1-c1ccc(NC(=O)c2cccs2)cc1. The summed E-state index contributed by atoms with van der Waals surface area (Å²) in [5.41, 5.74) is 3.64. The third-order valence-electron chi connectivity index (χ3n) is 4.63. The van der Waals surface area contributed by atoms with E-state index in [0.717, 1.165) is 22.5 Å². The minimum absolute atomic E-state index is 0.117. The molecular formula is C24H24N4O2S. The first-order chi connectivity index (χ1) is 15.0. The predicted octanol–water partition coefficient (Wildman–Crippen LogP) is 5.59. The van der Waals surface area contributed by atoms with Gasteiger partial charge in [0.15, 0.2) is 5.82 Å². The lowest BCUT2D eigenvalue weighted by Crippen LogP contribution is -2.10. The number of thiophene rings is 1. The summed E-state index contributed by atoms with van der Waals surface area (Å²) in [7, 11) is 0.